The van der Waals surface area contributed by atoms with E-state index >= 15 is 0 Å². The summed E-state index contributed by atoms with van der Waals surface area (Å²) in [4.78, 5) is 22.6. The summed E-state index contributed by atoms with van der Waals surface area (Å²) >= 11 is 3.28. The van der Waals surface area contributed by atoms with Crippen LogP contribution in [0.15, 0.2) is 22.7 Å². The number of benzene rings is 1. The van der Waals surface area contributed by atoms with Crippen molar-refractivity contribution in [1.82, 2.24) is 10.6 Å². The largest absolute Gasteiger partial charge is 0.405 e. The molecule has 116 valence electrons. The SMILES string of the molecule is Cc1cc(Br)ccc1NC(=O)CNC(=O)NCC(F)(F)F. The van der Waals surface area contributed by atoms with Gasteiger partial charge in [0.25, 0.3) is 0 Å². The first-order chi connectivity index (χ1) is 9.67. The number of anilines is 1. The average Bonchev–Trinajstić information content (AvgIpc) is 2.36. The Kier molecular flexibility index (Phi) is 6.01. The maximum atomic E-state index is 11.9. The molecule has 1 aromatic carbocycles. The van der Waals surface area contributed by atoms with Crippen molar-refractivity contribution in [3.05, 3.63) is 28.2 Å². The van der Waals surface area contributed by atoms with Gasteiger partial charge in [-0.05, 0) is 30.7 Å². The molecule has 5 nitrogen and oxygen atoms in total. The second kappa shape index (κ2) is 7.30. The van der Waals surface area contributed by atoms with Crippen LogP contribution in [0.5, 0.6) is 0 Å². The minimum Gasteiger partial charge on any atom is -0.329 e. The quantitative estimate of drug-likeness (QED) is 0.765. The third-order valence-corrected chi connectivity index (χ3v) is 2.81. The number of hydrogen-bond acceptors (Lipinski definition) is 2. The summed E-state index contributed by atoms with van der Waals surface area (Å²) in [5, 5.41) is 6.17. The molecule has 0 saturated heterocycles. The van der Waals surface area contributed by atoms with Crippen LogP contribution in [0, 0.1) is 6.92 Å². The lowest BCUT2D eigenvalue weighted by Crippen LogP contribution is -2.43. The van der Waals surface area contributed by atoms with Crippen LogP contribution in [0.2, 0.25) is 0 Å². The van der Waals surface area contributed by atoms with Crippen molar-refractivity contribution in [1.29, 1.82) is 0 Å². The van der Waals surface area contributed by atoms with Crippen molar-refractivity contribution in [2.45, 2.75) is 13.1 Å². The van der Waals surface area contributed by atoms with E-state index in [9.17, 15) is 22.8 Å². The van der Waals surface area contributed by atoms with Gasteiger partial charge in [-0.2, -0.15) is 13.2 Å². The monoisotopic (exact) mass is 367 g/mol. The van der Waals surface area contributed by atoms with Crippen LogP contribution >= 0.6 is 15.9 Å². The summed E-state index contributed by atoms with van der Waals surface area (Å²) in [5.41, 5.74) is 1.36. The van der Waals surface area contributed by atoms with Gasteiger partial charge in [-0.15, -0.1) is 0 Å². The van der Waals surface area contributed by atoms with Crippen molar-refractivity contribution in [2.24, 2.45) is 0 Å². The van der Waals surface area contributed by atoms with Crippen LogP contribution < -0.4 is 16.0 Å². The summed E-state index contributed by atoms with van der Waals surface area (Å²) in [6.07, 6.45) is -4.49. The van der Waals surface area contributed by atoms with E-state index in [1.54, 1.807) is 30.4 Å². The van der Waals surface area contributed by atoms with Crippen molar-refractivity contribution in [3.63, 3.8) is 0 Å². The van der Waals surface area contributed by atoms with Crippen molar-refractivity contribution in [3.8, 4) is 0 Å². The number of carbonyl (C=O) groups excluding carboxylic acids is 2. The molecule has 1 aromatic rings. The van der Waals surface area contributed by atoms with E-state index in [0.717, 1.165) is 10.0 Å². The first kappa shape index (κ1) is 17.3. The van der Waals surface area contributed by atoms with E-state index in [1.165, 1.54) is 0 Å². The average molecular weight is 368 g/mol. The van der Waals surface area contributed by atoms with Gasteiger partial charge in [0.2, 0.25) is 5.91 Å². The molecule has 0 bridgehead atoms. The zero-order chi connectivity index (χ0) is 16.0. The highest BCUT2D eigenvalue weighted by atomic mass is 79.9. The summed E-state index contributed by atoms with van der Waals surface area (Å²) in [5.74, 6) is -0.539. The third-order valence-electron chi connectivity index (χ3n) is 2.32. The van der Waals surface area contributed by atoms with Gasteiger partial charge < -0.3 is 16.0 Å². The fourth-order valence-corrected chi connectivity index (χ4v) is 1.84. The summed E-state index contributed by atoms with van der Waals surface area (Å²) in [7, 11) is 0. The molecule has 21 heavy (non-hydrogen) atoms. The van der Waals surface area contributed by atoms with Gasteiger partial charge >= 0.3 is 12.2 Å². The second-order valence-corrected chi connectivity index (χ2v) is 5.07. The molecule has 0 unspecified atom stereocenters. The Labute approximate surface area is 127 Å². The van der Waals surface area contributed by atoms with E-state index in [0.29, 0.717) is 5.69 Å². The van der Waals surface area contributed by atoms with E-state index in [-0.39, 0.29) is 0 Å². The Morgan fingerprint density at radius 3 is 2.48 bits per heavy atom. The molecule has 0 saturated carbocycles. The highest BCUT2D eigenvalue weighted by molar-refractivity contribution is 9.10. The summed E-state index contributed by atoms with van der Waals surface area (Å²) in [6.45, 7) is -0.102. The summed E-state index contributed by atoms with van der Waals surface area (Å²) < 4.78 is 36.4. The van der Waals surface area contributed by atoms with Crippen LogP contribution in [0.25, 0.3) is 0 Å². The Morgan fingerprint density at radius 1 is 1.24 bits per heavy atom. The first-order valence-corrected chi connectivity index (χ1v) is 6.61. The fraction of sp³-hybridized carbons (Fsp3) is 0.333. The topological polar surface area (TPSA) is 70.2 Å². The van der Waals surface area contributed by atoms with E-state index in [1.807, 2.05) is 5.32 Å². The minimum absolute atomic E-state index is 0.431. The molecule has 0 radical (unpaired) electrons. The number of carbonyl (C=O) groups is 2. The maximum Gasteiger partial charge on any atom is 0.405 e. The molecule has 0 aromatic heterocycles. The maximum absolute atomic E-state index is 11.9. The lowest BCUT2D eigenvalue weighted by Gasteiger charge is -2.11. The predicted molar refractivity (Wildman–Crippen MR) is 75.0 cm³/mol. The number of halogens is 4. The molecule has 0 heterocycles. The van der Waals surface area contributed by atoms with Crippen molar-refractivity contribution < 1.29 is 22.8 Å². The Bertz CT molecular complexity index is 535. The molecule has 9 heteroatoms. The number of urea groups is 1. The lowest BCUT2D eigenvalue weighted by atomic mass is 10.2. The third kappa shape index (κ3) is 6.98. The second-order valence-electron chi connectivity index (χ2n) is 4.16. The number of nitrogens with one attached hydrogen (secondary N) is 3. The van der Waals surface area contributed by atoms with Gasteiger partial charge in [-0.3, -0.25) is 4.79 Å². The van der Waals surface area contributed by atoms with E-state index in [2.05, 4.69) is 21.2 Å². The van der Waals surface area contributed by atoms with Gasteiger partial charge in [0.1, 0.15) is 6.54 Å². The van der Waals surface area contributed by atoms with Crippen LogP contribution in [0.3, 0.4) is 0 Å². The zero-order valence-corrected chi connectivity index (χ0v) is 12.6. The van der Waals surface area contributed by atoms with Crippen LogP contribution in [0.1, 0.15) is 5.56 Å². The Morgan fingerprint density at radius 2 is 1.90 bits per heavy atom. The van der Waals surface area contributed by atoms with Crippen LogP contribution in [-0.4, -0.2) is 31.2 Å². The van der Waals surface area contributed by atoms with Crippen LogP contribution in [0.4, 0.5) is 23.7 Å². The molecule has 0 fully saturated rings. The van der Waals surface area contributed by atoms with Gasteiger partial charge in [-0.25, -0.2) is 4.79 Å². The molecule has 1 rings (SSSR count). The smallest absolute Gasteiger partial charge is 0.329 e. The molecule has 3 N–H and O–H groups in total. The number of aryl methyl sites for hydroxylation is 1. The molecule has 3 amide bonds. The minimum atomic E-state index is -4.49. The normalized spacial score (nSPS) is 10.9. The first-order valence-electron chi connectivity index (χ1n) is 5.82. The highest BCUT2D eigenvalue weighted by Crippen LogP contribution is 2.19. The molecule has 0 aliphatic rings. The molecule has 0 atom stereocenters. The van der Waals surface area contributed by atoms with Gasteiger partial charge in [0, 0.05) is 10.2 Å². The molecular weight excluding hydrogens is 355 g/mol. The van der Waals surface area contributed by atoms with Crippen LogP contribution in [-0.2, 0) is 4.79 Å². The van der Waals surface area contributed by atoms with Crippen molar-refractivity contribution >= 4 is 33.6 Å². The lowest BCUT2D eigenvalue weighted by molar-refractivity contribution is -0.122. The molecular formula is C12H13BrF3N3O2. The van der Waals surface area contributed by atoms with Gasteiger partial charge in [0.05, 0.1) is 6.54 Å². The molecule has 0 aliphatic heterocycles. The Balaban J connectivity index is 2.39. The summed E-state index contributed by atoms with van der Waals surface area (Å²) in [6, 6.07) is 4.13. The number of hydrogen-bond donors (Lipinski definition) is 3. The predicted octanol–water partition coefficient (Wildman–Crippen LogP) is 2.56. The Hall–Kier alpha value is -1.77. The van der Waals surface area contributed by atoms with Gasteiger partial charge in [-0.1, -0.05) is 15.9 Å². The van der Waals surface area contributed by atoms with E-state index in [4.69, 9.17) is 0 Å². The zero-order valence-electron chi connectivity index (χ0n) is 11.0. The fourth-order valence-electron chi connectivity index (χ4n) is 1.37. The van der Waals surface area contributed by atoms with Crippen molar-refractivity contribution in [2.75, 3.05) is 18.4 Å². The standard InChI is InChI=1S/C12H13BrF3N3O2/c1-7-4-8(13)2-3-9(7)19-10(20)5-17-11(21)18-6-12(14,15)16/h2-4H,5-6H2,1H3,(H,19,20)(H2,17,18,21). The van der Waals surface area contributed by atoms with E-state index < -0.39 is 31.2 Å². The van der Waals surface area contributed by atoms with Gasteiger partial charge in [0.15, 0.2) is 0 Å². The number of amides is 3. The highest BCUT2D eigenvalue weighted by Gasteiger charge is 2.27. The molecule has 0 spiro atoms. The number of rotatable bonds is 4. The molecule has 0 aliphatic carbocycles. The number of alkyl halides is 3.